The maximum Gasteiger partial charge on any atom is 0.416 e. The van der Waals surface area contributed by atoms with Crippen molar-refractivity contribution >= 4 is 10.8 Å². The molecule has 1 aliphatic rings. The molecule has 0 bridgehead atoms. The van der Waals surface area contributed by atoms with Crippen LogP contribution in [0.25, 0.3) is 0 Å². The van der Waals surface area contributed by atoms with Gasteiger partial charge in [0.05, 0.1) is 16.4 Å². The smallest absolute Gasteiger partial charge is 0.314 e. The van der Waals surface area contributed by atoms with Crippen molar-refractivity contribution in [2.45, 2.75) is 55.0 Å². The zero-order valence-electron chi connectivity index (χ0n) is 12.0. The maximum atomic E-state index is 12.7. The highest BCUT2D eigenvalue weighted by Gasteiger charge is 2.33. The Bertz CT molecular complexity index is 504. The summed E-state index contributed by atoms with van der Waals surface area (Å²) in [5.74, 6) is 0. The fraction of sp³-hybridized carbons (Fsp3) is 0.600. The molecule has 2 rings (SSSR count). The van der Waals surface area contributed by atoms with Crippen molar-refractivity contribution < 1.29 is 17.4 Å². The molecule has 0 radical (unpaired) electrons. The fourth-order valence-corrected chi connectivity index (χ4v) is 4.26. The number of hydrogen-bond donors (Lipinski definition) is 1. The molecule has 3 atom stereocenters. The fourth-order valence-electron chi connectivity index (χ4n) is 2.66. The number of alkyl halides is 3. The minimum Gasteiger partial charge on any atom is -0.314 e. The highest BCUT2D eigenvalue weighted by atomic mass is 32.2. The van der Waals surface area contributed by atoms with Gasteiger partial charge in [-0.1, -0.05) is 13.0 Å². The largest absolute Gasteiger partial charge is 0.416 e. The van der Waals surface area contributed by atoms with Gasteiger partial charge in [-0.05, 0) is 50.4 Å². The van der Waals surface area contributed by atoms with Crippen LogP contribution in [0.3, 0.4) is 0 Å². The predicted octanol–water partition coefficient (Wildman–Crippen LogP) is 3.73. The summed E-state index contributed by atoms with van der Waals surface area (Å²) in [4.78, 5) is 0.283. The number of nitrogens with one attached hydrogen (secondary N) is 1. The van der Waals surface area contributed by atoms with E-state index in [-0.39, 0.29) is 10.1 Å². The summed E-state index contributed by atoms with van der Waals surface area (Å²) < 4.78 is 50.6. The Kier molecular flexibility index (Phi) is 5.43. The van der Waals surface area contributed by atoms with E-state index >= 15 is 0 Å². The molecule has 0 amide bonds. The van der Waals surface area contributed by atoms with Crippen LogP contribution >= 0.6 is 0 Å². The van der Waals surface area contributed by atoms with E-state index in [0.29, 0.717) is 6.04 Å². The second kappa shape index (κ2) is 6.92. The molecule has 1 fully saturated rings. The Balaban J connectivity index is 2.04. The quantitative estimate of drug-likeness (QED) is 0.896. The lowest BCUT2D eigenvalue weighted by Crippen LogP contribution is -2.28. The van der Waals surface area contributed by atoms with Crippen LogP contribution in [0.5, 0.6) is 0 Å². The van der Waals surface area contributed by atoms with E-state index in [1.807, 2.05) is 0 Å². The highest BCUT2D eigenvalue weighted by Crippen LogP contribution is 2.32. The number of hydrogen-bond acceptors (Lipinski definition) is 2. The standard InChI is InChI=1S/C15H20F3NOS/c1-2-8-19-12-6-7-14(10-12)21(20)13-5-3-4-11(9-13)15(16,17)18/h3-5,9,12,14,19H,2,6-8,10H2,1H3. The lowest BCUT2D eigenvalue weighted by Gasteiger charge is -2.14. The maximum absolute atomic E-state index is 12.7. The highest BCUT2D eigenvalue weighted by molar-refractivity contribution is 7.85. The lowest BCUT2D eigenvalue weighted by atomic mass is 10.2. The second-order valence-electron chi connectivity index (χ2n) is 5.41. The van der Waals surface area contributed by atoms with Gasteiger partial charge in [-0.2, -0.15) is 13.2 Å². The summed E-state index contributed by atoms with van der Waals surface area (Å²) >= 11 is 0. The molecule has 3 unspecified atom stereocenters. The summed E-state index contributed by atoms with van der Waals surface area (Å²) in [5.41, 5.74) is -0.730. The average molecular weight is 319 g/mol. The third kappa shape index (κ3) is 4.30. The van der Waals surface area contributed by atoms with E-state index < -0.39 is 22.5 Å². The van der Waals surface area contributed by atoms with Crippen molar-refractivity contribution in [1.29, 1.82) is 0 Å². The van der Waals surface area contributed by atoms with Crippen LogP contribution in [0.2, 0.25) is 0 Å². The molecule has 2 nitrogen and oxygen atoms in total. The minimum absolute atomic E-state index is 0.0529. The molecule has 0 spiro atoms. The van der Waals surface area contributed by atoms with Crippen LogP contribution in [0, 0.1) is 0 Å². The van der Waals surface area contributed by atoms with E-state index in [1.54, 1.807) is 0 Å². The summed E-state index contributed by atoms with van der Waals surface area (Å²) in [6.45, 7) is 3.01. The molecule has 1 N–H and O–H groups in total. The van der Waals surface area contributed by atoms with Gasteiger partial charge in [-0.3, -0.25) is 4.21 Å². The first-order chi connectivity index (χ1) is 9.91. The molecule has 118 valence electrons. The molecule has 6 heteroatoms. The van der Waals surface area contributed by atoms with Gasteiger partial charge in [0.1, 0.15) is 0 Å². The SMILES string of the molecule is CCCNC1CCC(S(=O)c2cccc(C(F)(F)F)c2)C1. The normalized spacial score (nSPS) is 24.2. The first-order valence-electron chi connectivity index (χ1n) is 7.23. The summed E-state index contributed by atoms with van der Waals surface area (Å²) in [6, 6.07) is 5.23. The first-order valence-corrected chi connectivity index (χ1v) is 8.44. The van der Waals surface area contributed by atoms with E-state index in [4.69, 9.17) is 0 Å². The van der Waals surface area contributed by atoms with Crippen molar-refractivity contribution in [3.05, 3.63) is 29.8 Å². The topological polar surface area (TPSA) is 29.1 Å². The lowest BCUT2D eigenvalue weighted by molar-refractivity contribution is -0.137. The number of benzene rings is 1. The van der Waals surface area contributed by atoms with Crippen LogP contribution in [0.1, 0.15) is 38.2 Å². The van der Waals surface area contributed by atoms with Crippen LogP contribution in [-0.2, 0) is 17.0 Å². The molecule has 1 aromatic carbocycles. The molecule has 21 heavy (non-hydrogen) atoms. The van der Waals surface area contributed by atoms with Crippen LogP contribution in [0.4, 0.5) is 13.2 Å². The van der Waals surface area contributed by atoms with Crippen molar-refractivity contribution in [3.8, 4) is 0 Å². The Morgan fingerprint density at radius 3 is 2.76 bits per heavy atom. The molecular formula is C15H20F3NOS. The number of halogens is 3. The van der Waals surface area contributed by atoms with Gasteiger partial charge in [0.2, 0.25) is 0 Å². The first kappa shape index (κ1) is 16.5. The van der Waals surface area contributed by atoms with Gasteiger partial charge in [0.25, 0.3) is 0 Å². The third-order valence-corrected chi connectivity index (χ3v) is 5.52. The average Bonchev–Trinajstić information content (AvgIpc) is 2.92. The van der Waals surface area contributed by atoms with Crippen LogP contribution in [0.15, 0.2) is 29.2 Å². The Hall–Kier alpha value is -0.880. The molecule has 0 aliphatic heterocycles. The van der Waals surface area contributed by atoms with Gasteiger partial charge in [0, 0.05) is 16.2 Å². The van der Waals surface area contributed by atoms with Crippen molar-refractivity contribution in [1.82, 2.24) is 5.32 Å². The zero-order chi connectivity index (χ0) is 15.5. The van der Waals surface area contributed by atoms with Crippen molar-refractivity contribution in [3.63, 3.8) is 0 Å². The Labute approximate surface area is 125 Å². The van der Waals surface area contributed by atoms with Gasteiger partial charge in [0.15, 0.2) is 0 Å². The van der Waals surface area contributed by atoms with E-state index in [9.17, 15) is 17.4 Å². The number of rotatable bonds is 5. The van der Waals surface area contributed by atoms with E-state index in [0.717, 1.165) is 44.4 Å². The van der Waals surface area contributed by atoms with Crippen LogP contribution < -0.4 is 5.32 Å². The molecule has 0 aromatic heterocycles. The van der Waals surface area contributed by atoms with Gasteiger partial charge in [-0.15, -0.1) is 0 Å². The second-order valence-corrected chi connectivity index (χ2v) is 7.14. The summed E-state index contributed by atoms with van der Waals surface area (Å²) in [6.07, 6.45) is -0.846. The van der Waals surface area contributed by atoms with Crippen molar-refractivity contribution in [2.24, 2.45) is 0 Å². The molecule has 1 aromatic rings. The Morgan fingerprint density at radius 1 is 1.33 bits per heavy atom. The van der Waals surface area contributed by atoms with Gasteiger partial charge in [-0.25, -0.2) is 0 Å². The molecule has 1 aliphatic carbocycles. The Morgan fingerprint density at radius 2 is 2.10 bits per heavy atom. The van der Waals surface area contributed by atoms with Gasteiger partial charge < -0.3 is 5.32 Å². The minimum atomic E-state index is -4.39. The zero-order valence-corrected chi connectivity index (χ0v) is 12.8. The van der Waals surface area contributed by atoms with Gasteiger partial charge >= 0.3 is 6.18 Å². The van der Waals surface area contributed by atoms with E-state index in [2.05, 4.69) is 12.2 Å². The molecule has 0 heterocycles. The van der Waals surface area contributed by atoms with Crippen molar-refractivity contribution in [2.75, 3.05) is 6.54 Å². The predicted molar refractivity (Wildman–Crippen MR) is 77.6 cm³/mol. The van der Waals surface area contributed by atoms with E-state index in [1.165, 1.54) is 12.1 Å². The molecule has 0 saturated heterocycles. The summed E-state index contributed by atoms with van der Waals surface area (Å²) in [5, 5.41) is 3.34. The monoisotopic (exact) mass is 319 g/mol. The van der Waals surface area contributed by atoms with Crippen LogP contribution in [-0.4, -0.2) is 22.0 Å². The molecular weight excluding hydrogens is 299 g/mol. The summed E-state index contributed by atoms with van der Waals surface area (Å²) in [7, 11) is -1.37. The molecule has 1 saturated carbocycles. The third-order valence-electron chi connectivity index (χ3n) is 3.76.